The van der Waals surface area contributed by atoms with Crippen LogP contribution in [0.3, 0.4) is 0 Å². The van der Waals surface area contributed by atoms with Crippen LogP contribution in [0.5, 0.6) is 0 Å². The molecule has 1 rings (SSSR count). The Morgan fingerprint density at radius 1 is 1.69 bits per heavy atom. The molecule has 76 valence electrons. The summed E-state index contributed by atoms with van der Waals surface area (Å²) in [5, 5.41) is 8.75. The Morgan fingerprint density at radius 2 is 2.38 bits per heavy atom. The summed E-state index contributed by atoms with van der Waals surface area (Å²) >= 11 is 0. The van der Waals surface area contributed by atoms with Gasteiger partial charge >= 0.3 is 5.97 Å². The maximum atomic E-state index is 10.6. The highest BCUT2D eigenvalue weighted by Crippen LogP contribution is 2.16. The molecular formula is C10H19NO2. The first-order valence-corrected chi connectivity index (χ1v) is 5.04. The van der Waals surface area contributed by atoms with Crippen molar-refractivity contribution in [2.24, 2.45) is 11.8 Å². The molecular weight excluding hydrogens is 166 g/mol. The molecule has 1 heterocycles. The minimum absolute atomic E-state index is 0.231. The van der Waals surface area contributed by atoms with E-state index in [2.05, 4.69) is 11.8 Å². The van der Waals surface area contributed by atoms with Crippen molar-refractivity contribution in [2.45, 2.75) is 26.7 Å². The smallest absolute Gasteiger partial charge is 0.307 e. The van der Waals surface area contributed by atoms with Crippen molar-refractivity contribution in [3.63, 3.8) is 0 Å². The fourth-order valence-electron chi connectivity index (χ4n) is 1.92. The van der Waals surface area contributed by atoms with Crippen LogP contribution < -0.4 is 0 Å². The van der Waals surface area contributed by atoms with Gasteiger partial charge in [-0.15, -0.1) is 0 Å². The standard InChI is InChI=1S/C10H19NO2/c1-8-4-3-5-11(6-8)7-9(2)10(12)13/h8-9H,3-7H2,1-2H3,(H,12,13). The maximum absolute atomic E-state index is 10.6. The topological polar surface area (TPSA) is 40.5 Å². The summed E-state index contributed by atoms with van der Waals surface area (Å²) in [5.41, 5.74) is 0. The molecule has 2 atom stereocenters. The number of carboxylic acids is 1. The largest absolute Gasteiger partial charge is 0.481 e. The third-order valence-corrected chi connectivity index (χ3v) is 2.69. The molecule has 0 amide bonds. The van der Waals surface area contributed by atoms with Gasteiger partial charge < -0.3 is 10.0 Å². The van der Waals surface area contributed by atoms with Gasteiger partial charge in [-0.2, -0.15) is 0 Å². The number of hydrogen-bond acceptors (Lipinski definition) is 2. The quantitative estimate of drug-likeness (QED) is 0.723. The highest BCUT2D eigenvalue weighted by molar-refractivity contribution is 5.69. The molecule has 0 aliphatic carbocycles. The second-order valence-electron chi connectivity index (χ2n) is 4.25. The summed E-state index contributed by atoms with van der Waals surface area (Å²) in [6, 6.07) is 0. The van der Waals surface area contributed by atoms with Crippen LogP contribution in [0.4, 0.5) is 0 Å². The number of aliphatic carboxylic acids is 1. The predicted molar refractivity (Wildman–Crippen MR) is 51.6 cm³/mol. The van der Waals surface area contributed by atoms with Gasteiger partial charge in [0.25, 0.3) is 0 Å². The molecule has 0 aromatic rings. The normalized spacial score (nSPS) is 27.1. The third-order valence-electron chi connectivity index (χ3n) is 2.69. The molecule has 0 saturated carbocycles. The molecule has 3 heteroatoms. The molecule has 1 saturated heterocycles. The highest BCUT2D eigenvalue weighted by atomic mass is 16.4. The van der Waals surface area contributed by atoms with Crippen LogP contribution >= 0.6 is 0 Å². The fraction of sp³-hybridized carbons (Fsp3) is 0.900. The Kier molecular flexibility index (Phi) is 3.72. The van der Waals surface area contributed by atoms with Crippen molar-refractivity contribution in [3.05, 3.63) is 0 Å². The Bertz CT molecular complexity index is 182. The van der Waals surface area contributed by atoms with Gasteiger partial charge in [0.15, 0.2) is 0 Å². The second-order valence-corrected chi connectivity index (χ2v) is 4.25. The Balaban J connectivity index is 2.31. The zero-order valence-electron chi connectivity index (χ0n) is 8.49. The van der Waals surface area contributed by atoms with Crippen LogP contribution in [-0.4, -0.2) is 35.6 Å². The molecule has 0 aromatic heterocycles. The summed E-state index contributed by atoms with van der Waals surface area (Å²) in [4.78, 5) is 12.9. The van der Waals surface area contributed by atoms with Gasteiger partial charge in [0.1, 0.15) is 0 Å². The highest BCUT2D eigenvalue weighted by Gasteiger charge is 2.20. The number of nitrogens with zero attached hydrogens (tertiary/aromatic N) is 1. The first-order chi connectivity index (χ1) is 6.09. The van der Waals surface area contributed by atoms with Crippen molar-refractivity contribution in [3.8, 4) is 0 Å². The zero-order chi connectivity index (χ0) is 9.84. The van der Waals surface area contributed by atoms with Crippen LogP contribution in [-0.2, 0) is 4.79 Å². The summed E-state index contributed by atoms with van der Waals surface area (Å²) in [6.45, 7) is 6.86. The second kappa shape index (κ2) is 4.61. The van der Waals surface area contributed by atoms with Crippen LogP contribution in [0.15, 0.2) is 0 Å². The lowest BCUT2D eigenvalue weighted by atomic mass is 9.99. The molecule has 13 heavy (non-hydrogen) atoms. The summed E-state index contributed by atoms with van der Waals surface area (Å²) in [7, 11) is 0. The average Bonchev–Trinajstić information content (AvgIpc) is 2.04. The lowest BCUT2D eigenvalue weighted by Crippen LogP contribution is -2.38. The lowest BCUT2D eigenvalue weighted by Gasteiger charge is -2.31. The Hall–Kier alpha value is -0.570. The number of carbonyl (C=O) groups is 1. The first-order valence-electron chi connectivity index (χ1n) is 5.04. The van der Waals surface area contributed by atoms with E-state index >= 15 is 0 Å². The molecule has 0 radical (unpaired) electrons. The van der Waals surface area contributed by atoms with E-state index in [1.807, 2.05) is 0 Å². The van der Waals surface area contributed by atoms with Crippen molar-refractivity contribution < 1.29 is 9.90 Å². The minimum Gasteiger partial charge on any atom is -0.481 e. The van der Waals surface area contributed by atoms with E-state index in [1.165, 1.54) is 12.8 Å². The van der Waals surface area contributed by atoms with Crippen LogP contribution in [0, 0.1) is 11.8 Å². The molecule has 1 fully saturated rings. The maximum Gasteiger partial charge on any atom is 0.307 e. The van der Waals surface area contributed by atoms with Gasteiger partial charge in [0, 0.05) is 13.1 Å². The van der Waals surface area contributed by atoms with Crippen LogP contribution in [0.2, 0.25) is 0 Å². The van der Waals surface area contributed by atoms with Gasteiger partial charge in [-0.25, -0.2) is 0 Å². The molecule has 1 aliphatic rings. The first kappa shape index (κ1) is 10.5. The van der Waals surface area contributed by atoms with E-state index in [0.717, 1.165) is 19.0 Å². The Labute approximate surface area is 79.7 Å². The molecule has 0 aromatic carbocycles. The van der Waals surface area contributed by atoms with Crippen LogP contribution in [0.1, 0.15) is 26.7 Å². The number of rotatable bonds is 3. The number of hydrogen-bond donors (Lipinski definition) is 1. The van der Waals surface area contributed by atoms with Crippen molar-refractivity contribution in [1.82, 2.24) is 4.90 Å². The SMILES string of the molecule is CC1CCCN(CC(C)C(=O)O)C1. The van der Waals surface area contributed by atoms with E-state index in [9.17, 15) is 4.79 Å². The summed E-state index contributed by atoms with van der Waals surface area (Å²) < 4.78 is 0. The van der Waals surface area contributed by atoms with Gasteiger partial charge in [-0.05, 0) is 25.3 Å². The number of carboxylic acid groups (broad SMARTS) is 1. The Morgan fingerprint density at radius 3 is 2.92 bits per heavy atom. The van der Waals surface area contributed by atoms with E-state index in [-0.39, 0.29) is 5.92 Å². The average molecular weight is 185 g/mol. The number of likely N-dealkylation sites (tertiary alicyclic amines) is 1. The third kappa shape index (κ3) is 3.35. The lowest BCUT2D eigenvalue weighted by molar-refractivity contribution is -0.141. The van der Waals surface area contributed by atoms with Crippen molar-refractivity contribution in [1.29, 1.82) is 0 Å². The van der Waals surface area contributed by atoms with E-state index in [0.29, 0.717) is 6.54 Å². The van der Waals surface area contributed by atoms with Crippen LogP contribution in [0.25, 0.3) is 0 Å². The predicted octanol–water partition coefficient (Wildman–Crippen LogP) is 1.44. The van der Waals surface area contributed by atoms with E-state index < -0.39 is 5.97 Å². The molecule has 0 spiro atoms. The molecule has 3 nitrogen and oxygen atoms in total. The molecule has 0 bridgehead atoms. The van der Waals surface area contributed by atoms with Gasteiger partial charge in [-0.3, -0.25) is 4.79 Å². The van der Waals surface area contributed by atoms with Gasteiger partial charge in [0.05, 0.1) is 5.92 Å². The molecule has 2 unspecified atom stereocenters. The molecule has 1 N–H and O–H groups in total. The monoisotopic (exact) mass is 185 g/mol. The molecule has 1 aliphatic heterocycles. The van der Waals surface area contributed by atoms with Crippen molar-refractivity contribution in [2.75, 3.05) is 19.6 Å². The zero-order valence-corrected chi connectivity index (χ0v) is 8.49. The fourth-order valence-corrected chi connectivity index (χ4v) is 1.92. The summed E-state index contributed by atoms with van der Waals surface area (Å²) in [6.07, 6.45) is 2.51. The number of piperidine rings is 1. The minimum atomic E-state index is -0.682. The summed E-state index contributed by atoms with van der Waals surface area (Å²) in [5.74, 6) is -0.182. The van der Waals surface area contributed by atoms with Gasteiger partial charge in [0.2, 0.25) is 0 Å². The van der Waals surface area contributed by atoms with E-state index in [4.69, 9.17) is 5.11 Å². The van der Waals surface area contributed by atoms with Crippen molar-refractivity contribution >= 4 is 5.97 Å². The van der Waals surface area contributed by atoms with E-state index in [1.54, 1.807) is 6.92 Å². The van der Waals surface area contributed by atoms with Gasteiger partial charge in [-0.1, -0.05) is 13.8 Å².